The second-order valence-corrected chi connectivity index (χ2v) is 4.93. The summed E-state index contributed by atoms with van der Waals surface area (Å²) in [6, 6.07) is 14.2. The molecule has 0 heterocycles. The molecule has 0 atom stereocenters. The lowest BCUT2D eigenvalue weighted by atomic mass is 10.0. The van der Waals surface area contributed by atoms with Crippen LogP contribution in [-0.4, -0.2) is 13.2 Å². The Hall–Kier alpha value is -1.51. The van der Waals surface area contributed by atoms with E-state index in [1.807, 2.05) is 37.3 Å². The van der Waals surface area contributed by atoms with Crippen LogP contribution in [-0.2, 0) is 6.54 Å². The number of benzene rings is 2. The van der Waals surface area contributed by atoms with Crippen LogP contribution in [0.5, 0.6) is 5.75 Å². The summed E-state index contributed by atoms with van der Waals surface area (Å²) in [6.45, 7) is 6.51. The Bertz CT molecular complexity index is 569. The van der Waals surface area contributed by atoms with Gasteiger partial charge in [-0.2, -0.15) is 0 Å². The normalized spacial score (nSPS) is 10.6. The third-order valence-corrected chi connectivity index (χ3v) is 3.40. The lowest BCUT2D eigenvalue weighted by Gasteiger charge is -2.12. The molecule has 0 bridgehead atoms. The Morgan fingerprint density at radius 3 is 2.55 bits per heavy atom. The highest BCUT2D eigenvalue weighted by molar-refractivity contribution is 6.33. The molecule has 2 rings (SSSR count). The molecular formula is C17H20ClNO. The van der Waals surface area contributed by atoms with Gasteiger partial charge >= 0.3 is 0 Å². The standard InChI is InChI=1S/C17H20ClNO/c1-3-19-12-13-9-10-14(16(18)11-13)15-7-5-6-8-17(15)20-4-2/h5-11,19H,3-4,12H2,1-2H3. The molecule has 0 fully saturated rings. The maximum Gasteiger partial charge on any atom is 0.127 e. The number of ether oxygens (including phenoxy) is 1. The van der Waals surface area contributed by atoms with Crippen molar-refractivity contribution < 1.29 is 4.74 Å². The molecule has 2 nitrogen and oxygen atoms in total. The minimum absolute atomic E-state index is 0.646. The second kappa shape index (κ2) is 7.32. The van der Waals surface area contributed by atoms with E-state index in [1.54, 1.807) is 0 Å². The lowest BCUT2D eigenvalue weighted by Crippen LogP contribution is -2.11. The van der Waals surface area contributed by atoms with Crippen LogP contribution in [0.4, 0.5) is 0 Å². The van der Waals surface area contributed by atoms with Crippen molar-refractivity contribution in [3.63, 3.8) is 0 Å². The summed E-state index contributed by atoms with van der Waals surface area (Å²) in [5, 5.41) is 4.06. The highest BCUT2D eigenvalue weighted by Gasteiger charge is 2.09. The van der Waals surface area contributed by atoms with Crippen molar-refractivity contribution in [3.05, 3.63) is 53.1 Å². The van der Waals surface area contributed by atoms with Crippen molar-refractivity contribution in [3.8, 4) is 16.9 Å². The number of hydrogen-bond acceptors (Lipinski definition) is 2. The summed E-state index contributed by atoms with van der Waals surface area (Å²) in [4.78, 5) is 0. The van der Waals surface area contributed by atoms with Crippen LogP contribution in [0, 0.1) is 0 Å². The molecule has 2 aromatic carbocycles. The number of halogens is 1. The Labute approximate surface area is 125 Å². The van der Waals surface area contributed by atoms with Gasteiger partial charge in [-0.05, 0) is 31.2 Å². The van der Waals surface area contributed by atoms with E-state index in [0.29, 0.717) is 6.61 Å². The van der Waals surface area contributed by atoms with Gasteiger partial charge in [-0.1, -0.05) is 48.9 Å². The van der Waals surface area contributed by atoms with E-state index in [1.165, 1.54) is 5.56 Å². The summed E-state index contributed by atoms with van der Waals surface area (Å²) in [7, 11) is 0. The first-order chi connectivity index (χ1) is 9.76. The van der Waals surface area contributed by atoms with Crippen LogP contribution in [0.1, 0.15) is 19.4 Å². The summed E-state index contributed by atoms with van der Waals surface area (Å²) >= 11 is 6.43. The van der Waals surface area contributed by atoms with Crippen LogP contribution in [0.15, 0.2) is 42.5 Å². The molecule has 0 spiro atoms. The second-order valence-electron chi connectivity index (χ2n) is 4.52. The van der Waals surface area contributed by atoms with E-state index < -0.39 is 0 Å². The highest BCUT2D eigenvalue weighted by atomic mass is 35.5. The number of rotatable bonds is 6. The topological polar surface area (TPSA) is 21.3 Å². The Balaban J connectivity index is 2.33. The van der Waals surface area contributed by atoms with Gasteiger partial charge in [0.1, 0.15) is 5.75 Å². The number of nitrogens with one attached hydrogen (secondary N) is 1. The molecule has 3 heteroatoms. The van der Waals surface area contributed by atoms with Crippen LogP contribution in [0.2, 0.25) is 5.02 Å². The molecule has 0 aromatic heterocycles. The Morgan fingerprint density at radius 2 is 1.85 bits per heavy atom. The fourth-order valence-corrected chi connectivity index (χ4v) is 2.43. The number of para-hydroxylation sites is 1. The highest BCUT2D eigenvalue weighted by Crippen LogP contribution is 2.35. The fourth-order valence-electron chi connectivity index (χ4n) is 2.13. The summed E-state index contributed by atoms with van der Waals surface area (Å²) in [6.07, 6.45) is 0. The van der Waals surface area contributed by atoms with Crippen molar-refractivity contribution in [1.82, 2.24) is 5.32 Å². The van der Waals surface area contributed by atoms with Crippen molar-refractivity contribution in [2.24, 2.45) is 0 Å². The molecule has 0 aliphatic carbocycles. The molecule has 0 aliphatic heterocycles. The van der Waals surface area contributed by atoms with Crippen LogP contribution >= 0.6 is 11.6 Å². The molecule has 0 radical (unpaired) electrons. The van der Waals surface area contributed by atoms with Gasteiger partial charge in [0.2, 0.25) is 0 Å². The third kappa shape index (κ3) is 3.53. The first-order valence-electron chi connectivity index (χ1n) is 6.97. The van der Waals surface area contributed by atoms with E-state index in [0.717, 1.165) is 35.0 Å². The van der Waals surface area contributed by atoms with Crippen molar-refractivity contribution >= 4 is 11.6 Å². The van der Waals surface area contributed by atoms with E-state index in [2.05, 4.69) is 24.4 Å². The van der Waals surface area contributed by atoms with E-state index in [-0.39, 0.29) is 0 Å². The molecule has 2 aromatic rings. The third-order valence-electron chi connectivity index (χ3n) is 3.09. The SMILES string of the molecule is CCNCc1ccc(-c2ccccc2OCC)c(Cl)c1. The van der Waals surface area contributed by atoms with Gasteiger partial charge in [-0.15, -0.1) is 0 Å². The van der Waals surface area contributed by atoms with Gasteiger partial charge in [-0.3, -0.25) is 0 Å². The molecule has 0 saturated heterocycles. The Morgan fingerprint density at radius 1 is 1.05 bits per heavy atom. The van der Waals surface area contributed by atoms with Crippen molar-refractivity contribution in [2.45, 2.75) is 20.4 Å². The van der Waals surface area contributed by atoms with Gasteiger partial charge in [0.05, 0.1) is 6.61 Å². The van der Waals surface area contributed by atoms with Gasteiger partial charge in [-0.25, -0.2) is 0 Å². The van der Waals surface area contributed by atoms with Gasteiger partial charge in [0.25, 0.3) is 0 Å². The molecule has 1 N–H and O–H groups in total. The summed E-state index contributed by atoms with van der Waals surface area (Å²) < 4.78 is 5.67. The molecule has 0 unspecified atom stereocenters. The smallest absolute Gasteiger partial charge is 0.127 e. The van der Waals surface area contributed by atoms with Crippen LogP contribution in [0.25, 0.3) is 11.1 Å². The first-order valence-corrected chi connectivity index (χ1v) is 7.35. The molecular weight excluding hydrogens is 270 g/mol. The molecule has 0 amide bonds. The molecule has 0 saturated carbocycles. The summed E-state index contributed by atoms with van der Waals surface area (Å²) in [5.41, 5.74) is 3.24. The van der Waals surface area contributed by atoms with Crippen LogP contribution < -0.4 is 10.1 Å². The van der Waals surface area contributed by atoms with Crippen molar-refractivity contribution in [2.75, 3.05) is 13.2 Å². The largest absolute Gasteiger partial charge is 0.493 e. The van der Waals surface area contributed by atoms with Crippen molar-refractivity contribution in [1.29, 1.82) is 0 Å². The number of hydrogen-bond donors (Lipinski definition) is 1. The zero-order chi connectivity index (χ0) is 14.4. The lowest BCUT2D eigenvalue weighted by molar-refractivity contribution is 0.341. The average molecular weight is 290 g/mol. The molecule has 0 aliphatic rings. The predicted octanol–water partition coefficient (Wildman–Crippen LogP) is 4.52. The summed E-state index contributed by atoms with van der Waals surface area (Å²) in [5.74, 6) is 0.872. The monoisotopic (exact) mass is 289 g/mol. The van der Waals surface area contributed by atoms with Gasteiger partial charge in [0.15, 0.2) is 0 Å². The predicted molar refractivity (Wildman–Crippen MR) is 85.4 cm³/mol. The fraction of sp³-hybridized carbons (Fsp3) is 0.294. The first kappa shape index (κ1) is 14.9. The quantitative estimate of drug-likeness (QED) is 0.844. The average Bonchev–Trinajstić information content (AvgIpc) is 2.46. The minimum Gasteiger partial charge on any atom is -0.493 e. The Kier molecular flexibility index (Phi) is 5.45. The zero-order valence-electron chi connectivity index (χ0n) is 11.9. The van der Waals surface area contributed by atoms with E-state index >= 15 is 0 Å². The van der Waals surface area contributed by atoms with E-state index in [9.17, 15) is 0 Å². The van der Waals surface area contributed by atoms with Gasteiger partial charge in [0, 0.05) is 22.7 Å². The molecule has 106 valence electrons. The zero-order valence-corrected chi connectivity index (χ0v) is 12.7. The van der Waals surface area contributed by atoms with E-state index in [4.69, 9.17) is 16.3 Å². The van der Waals surface area contributed by atoms with Crippen LogP contribution in [0.3, 0.4) is 0 Å². The molecule has 20 heavy (non-hydrogen) atoms. The van der Waals surface area contributed by atoms with Gasteiger partial charge < -0.3 is 10.1 Å². The minimum atomic E-state index is 0.646. The maximum atomic E-state index is 6.43. The maximum absolute atomic E-state index is 6.43.